The normalized spacial score (nSPS) is 10.8. The maximum absolute atomic E-state index is 5.61. The fraction of sp³-hybridized carbons (Fsp3) is 0.235. The minimum Gasteiger partial charge on any atom is -0.494 e. The Kier molecular flexibility index (Phi) is 3.77. The lowest BCUT2D eigenvalue weighted by Gasteiger charge is -2.09. The lowest BCUT2D eigenvalue weighted by atomic mass is 10.2. The molecular weight excluding hydrogens is 264 g/mol. The number of H-pyrrole nitrogens is 1. The summed E-state index contributed by atoms with van der Waals surface area (Å²) < 4.78 is 11.2. The number of fused-ring (bicyclic) bond motifs is 1. The Morgan fingerprint density at radius 3 is 2.24 bits per heavy atom. The number of nitrogens with zero attached hydrogens (tertiary/aromatic N) is 1. The number of nitrogens with one attached hydrogen (secondary N) is 1. The van der Waals surface area contributed by atoms with Crippen LogP contribution in [0.5, 0.6) is 11.5 Å². The molecule has 1 aromatic heterocycles. The van der Waals surface area contributed by atoms with Crippen molar-refractivity contribution in [2.45, 2.75) is 13.8 Å². The molecule has 0 bridgehead atoms. The second-order valence-corrected chi connectivity index (χ2v) is 4.66. The molecule has 0 saturated heterocycles. The number of hydrogen-bond acceptors (Lipinski definition) is 3. The summed E-state index contributed by atoms with van der Waals surface area (Å²) in [6.07, 6.45) is 0. The highest BCUT2D eigenvalue weighted by molar-refractivity contribution is 5.79. The fourth-order valence-electron chi connectivity index (χ4n) is 2.30. The summed E-state index contributed by atoms with van der Waals surface area (Å²) in [4.78, 5) is 7.95. The van der Waals surface area contributed by atoms with Crippen molar-refractivity contribution in [1.82, 2.24) is 9.97 Å². The topological polar surface area (TPSA) is 47.1 Å². The number of imidazole rings is 1. The molecule has 0 spiro atoms. The van der Waals surface area contributed by atoms with Crippen LogP contribution in [0.25, 0.3) is 22.4 Å². The third kappa shape index (κ3) is 2.84. The molecule has 0 fully saturated rings. The molecule has 4 nitrogen and oxygen atoms in total. The van der Waals surface area contributed by atoms with Crippen LogP contribution in [0.4, 0.5) is 0 Å². The van der Waals surface area contributed by atoms with Gasteiger partial charge < -0.3 is 14.5 Å². The zero-order chi connectivity index (χ0) is 14.7. The van der Waals surface area contributed by atoms with Gasteiger partial charge in [0.15, 0.2) is 0 Å². The maximum Gasteiger partial charge on any atom is 0.138 e. The van der Waals surface area contributed by atoms with E-state index in [9.17, 15) is 0 Å². The van der Waals surface area contributed by atoms with Gasteiger partial charge in [0.05, 0.1) is 24.2 Å². The van der Waals surface area contributed by atoms with Crippen molar-refractivity contribution in [3.05, 3.63) is 42.5 Å². The summed E-state index contributed by atoms with van der Waals surface area (Å²) in [6, 6.07) is 13.8. The van der Waals surface area contributed by atoms with Crippen molar-refractivity contribution in [3.8, 4) is 22.9 Å². The second-order valence-electron chi connectivity index (χ2n) is 4.66. The molecule has 21 heavy (non-hydrogen) atoms. The van der Waals surface area contributed by atoms with Gasteiger partial charge in [-0.2, -0.15) is 0 Å². The SMILES string of the molecule is CCOc1cc(OCC)cc(-c2nc3ccccc3[nH]2)c1. The summed E-state index contributed by atoms with van der Waals surface area (Å²) in [7, 11) is 0. The van der Waals surface area contributed by atoms with E-state index >= 15 is 0 Å². The summed E-state index contributed by atoms with van der Waals surface area (Å²) in [5, 5.41) is 0. The van der Waals surface area contributed by atoms with E-state index in [2.05, 4.69) is 9.97 Å². The third-order valence-corrected chi connectivity index (χ3v) is 3.16. The second kappa shape index (κ2) is 5.87. The maximum atomic E-state index is 5.61. The van der Waals surface area contributed by atoms with Gasteiger partial charge in [0.1, 0.15) is 17.3 Å². The van der Waals surface area contributed by atoms with Crippen LogP contribution in [-0.4, -0.2) is 23.2 Å². The molecular formula is C17H18N2O2. The zero-order valence-electron chi connectivity index (χ0n) is 12.2. The van der Waals surface area contributed by atoms with E-state index in [4.69, 9.17) is 9.47 Å². The van der Waals surface area contributed by atoms with Crippen molar-refractivity contribution in [1.29, 1.82) is 0 Å². The molecule has 3 rings (SSSR count). The monoisotopic (exact) mass is 282 g/mol. The minimum absolute atomic E-state index is 0.620. The van der Waals surface area contributed by atoms with Crippen LogP contribution < -0.4 is 9.47 Å². The van der Waals surface area contributed by atoms with Crippen LogP contribution in [0, 0.1) is 0 Å². The average Bonchev–Trinajstić information content (AvgIpc) is 2.92. The van der Waals surface area contributed by atoms with Gasteiger partial charge in [-0.05, 0) is 38.1 Å². The van der Waals surface area contributed by atoms with Gasteiger partial charge in [-0.3, -0.25) is 0 Å². The molecule has 4 heteroatoms. The van der Waals surface area contributed by atoms with Gasteiger partial charge in [0.25, 0.3) is 0 Å². The molecule has 2 aromatic carbocycles. The first-order valence-corrected chi connectivity index (χ1v) is 7.16. The largest absolute Gasteiger partial charge is 0.494 e. The molecule has 3 aromatic rings. The van der Waals surface area contributed by atoms with Crippen molar-refractivity contribution >= 4 is 11.0 Å². The molecule has 0 saturated carbocycles. The third-order valence-electron chi connectivity index (χ3n) is 3.16. The predicted octanol–water partition coefficient (Wildman–Crippen LogP) is 4.03. The number of rotatable bonds is 5. The first-order chi connectivity index (χ1) is 10.3. The zero-order valence-corrected chi connectivity index (χ0v) is 12.2. The van der Waals surface area contributed by atoms with E-state index in [1.807, 2.05) is 56.3 Å². The fourth-order valence-corrected chi connectivity index (χ4v) is 2.30. The number of aromatic amines is 1. The van der Waals surface area contributed by atoms with E-state index in [-0.39, 0.29) is 0 Å². The first kappa shape index (κ1) is 13.5. The predicted molar refractivity (Wildman–Crippen MR) is 83.9 cm³/mol. The van der Waals surface area contributed by atoms with E-state index in [0.717, 1.165) is 33.9 Å². The van der Waals surface area contributed by atoms with E-state index in [1.165, 1.54) is 0 Å². The number of aromatic nitrogens is 2. The van der Waals surface area contributed by atoms with Gasteiger partial charge in [-0.1, -0.05) is 12.1 Å². The Hall–Kier alpha value is -2.49. The van der Waals surface area contributed by atoms with Crippen LogP contribution in [0.2, 0.25) is 0 Å². The molecule has 0 unspecified atom stereocenters. The van der Waals surface area contributed by atoms with Gasteiger partial charge in [0, 0.05) is 11.6 Å². The van der Waals surface area contributed by atoms with Crippen molar-refractivity contribution in [2.75, 3.05) is 13.2 Å². The molecule has 0 amide bonds. The Morgan fingerprint density at radius 1 is 0.952 bits per heavy atom. The Balaban J connectivity index is 2.06. The highest BCUT2D eigenvalue weighted by Gasteiger charge is 2.09. The van der Waals surface area contributed by atoms with E-state index < -0.39 is 0 Å². The molecule has 108 valence electrons. The van der Waals surface area contributed by atoms with Crippen LogP contribution in [0.1, 0.15) is 13.8 Å². The molecule has 0 aliphatic carbocycles. The molecule has 0 radical (unpaired) electrons. The number of para-hydroxylation sites is 2. The highest BCUT2D eigenvalue weighted by atomic mass is 16.5. The number of ether oxygens (including phenoxy) is 2. The van der Waals surface area contributed by atoms with E-state index in [0.29, 0.717) is 13.2 Å². The summed E-state index contributed by atoms with van der Waals surface area (Å²) in [5.74, 6) is 2.40. The van der Waals surface area contributed by atoms with Crippen LogP contribution >= 0.6 is 0 Å². The van der Waals surface area contributed by atoms with Crippen LogP contribution in [0.3, 0.4) is 0 Å². The van der Waals surface area contributed by atoms with Crippen LogP contribution in [0.15, 0.2) is 42.5 Å². The standard InChI is InChI=1S/C17H18N2O2/c1-3-20-13-9-12(10-14(11-13)21-4-2)17-18-15-7-5-6-8-16(15)19-17/h5-11H,3-4H2,1-2H3,(H,18,19). The Labute approximate surface area is 123 Å². The molecule has 0 aliphatic rings. The lowest BCUT2D eigenvalue weighted by molar-refractivity contribution is 0.323. The summed E-state index contributed by atoms with van der Waals surface area (Å²) >= 11 is 0. The Bertz CT molecular complexity index is 692. The van der Waals surface area contributed by atoms with Gasteiger partial charge >= 0.3 is 0 Å². The summed E-state index contributed by atoms with van der Waals surface area (Å²) in [6.45, 7) is 5.17. The first-order valence-electron chi connectivity index (χ1n) is 7.16. The van der Waals surface area contributed by atoms with Crippen molar-refractivity contribution in [2.24, 2.45) is 0 Å². The van der Waals surface area contributed by atoms with Crippen molar-refractivity contribution < 1.29 is 9.47 Å². The van der Waals surface area contributed by atoms with Gasteiger partial charge in [-0.15, -0.1) is 0 Å². The molecule has 1 N–H and O–H groups in total. The number of benzene rings is 2. The highest BCUT2D eigenvalue weighted by Crippen LogP contribution is 2.29. The minimum atomic E-state index is 0.620. The van der Waals surface area contributed by atoms with E-state index in [1.54, 1.807) is 0 Å². The molecule has 0 atom stereocenters. The number of hydrogen-bond donors (Lipinski definition) is 1. The summed E-state index contributed by atoms with van der Waals surface area (Å²) in [5.41, 5.74) is 2.93. The lowest BCUT2D eigenvalue weighted by Crippen LogP contribution is -1.96. The quantitative estimate of drug-likeness (QED) is 0.768. The van der Waals surface area contributed by atoms with Crippen molar-refractivity contribution in [3.63, 3.8) is 0 Å². The van der Waals surface area contributed by atoms with Gasteiger partial charge in [0.2, 0.25) is 0 Å². The van der Waals surface area contributed by atoms with Gasteiger partial charge in [-0.25, -0.2) is 4.98 Å². The smallest absolute Gasteiger partial charge is 0.138 e. The van der Waals surface area contributed by atoms with Crippen LogP contribution in [-0.2, 0) is 0 Å². The molecule has 1 heterocycles. The molecule has 0 aliphatic heterocycles. The Morgan fingerprint density at radius 2 is 1.62 bits per heavy atom. The average molecular weight is 282 g/mol.